The fraction of sp³-hybridized carbons (Fsp3) is 0.333. The first-order valence-corrected chi connectivity index (χ1v) is 8.26. The first-order valence-electron chi connectivity index (χ1n) is 7.51. The first kappa shape index (κ1) is 17.0. The molecule has 0 saturated heterocycles. The summed E-state index contributed by atoms with van der Waals surface area (Å²) in [5.74, 6) is 0. The van der Waals surface area contributed by atoms with Crippen molar-refractivity contribution in [1.29, 1.82) is 0 Å². The van der Waals surface area contributed by atoms with Gasteiger partial charge in [-0.3, -0.25) is 0 Å². The van der Waals surface area contributed by atoms with Crippen LogP contribution >= 0.6 is 23.2 Å². The number of halogens is 2. The number of hydrogen-bond donors (Lipinski definition) is 2. The first-order chi connectivity index (χ1) is 10.4. The van der Waals surface area contributed by atoms with Crippen LogP contribution in [0.4, 0.5) is 11.4 Å². The van der Waals surface area contributed by atoms with Gasteiger partial charge >= 0.3 is 0 Å². The van der Waals surface area contributed by atoms with Gasteiger partial charge in [0, 0.05) is 22.8 Å². The summed E-state index contributed by atoms with van der Waals surface area (Å²) in [5.41, 5.74) is 3.27. The summed E-state index contributed by atoms with van der Waals surface area (Å²) in [6, 6.07) is 14.6. The molecule has 0 aromatic heterocycles. The van der Waals surface area contributed by atoms with Crippen LogP contribution in [0.1, 0.15) is 26.3 Å². The molecule has 0 radical (unpaired) electrons. The third-order valence-electron chi connectivity index (χ3n) is 3.25. The third kappa shape index (κ3) is 5.11. The molecule has 2 aromatic carbocycles. The van der Waals surface area contributed by atoms with Gasteiger partial charge in [-0.2, -0.15) is 0 Å². The van der Waals surface area contributed by atoms with Crippen LogP contribution in [0.25, 0.3) is 0 Å². The van der Waals surface area contributed by atoms with Crippen molar-refractivity contribution in [2.45, 2.75) is 39.3 Å². The van der Waals surface area contributed by atoms with E-state index in [4.69, 9.17) is 23.2 Å². The maximum absolute atomic E-state index is 6.23. The van der Waals surface area contributed by atoms with Crippen molar-refractivity contribution < 1.29 is 0 Å². The van der Waals surface area contributed by atoms with Crippen LogP contribution in [0, 0.1) is 0 Å². The molecule has 2 N–H and O–H groups in total. The van der Waals surface area contributed by atoms with Crippen molar-refractivity contribution in [3.05, 3.63) is 58.1 Å². The van der Waals surface area contributed by atoms with Gasteiger partial charge in [-0.05, 0) is 63.1 Å². The van der Waals surface area contributed by atoms with E-state index in [9.17, 15) is 0 Å². The van der Waals surface area contributed by atoms with Gasteiger partial charge in [0.25, 0.3) is 0 Å². The summed E-state index contributed by atoms with van der Waals surface area (Å²) in [5, 5.41) is 8.34. The van der Waals surface area contributed by atoms with Crippen LogP contribution in [0.2, 0.25) is 10.0 Å². The van der Waals surface area contributed by atoms with Crippen molar-refractivity contribution in [3.63, 3.8) is 0 Å². The molecule has 0 saturated carbocycles. The van der Waals surface area contributed by atoms with E-state index in [1.807, 2.05) is 30.3 Å². The van der Waals surface area contributed by atoms with Crippen LogP contribution < -0.4 is 10.6 Å². The molecule has 2 nitrogen and oxygen atoms in total. The van der Waals surface area contributed by atoms with Crippen molar-refractivity contribution in [1.82, 2.24) is 0 Å². The molecule has 0 aliphatic carbocycles. The van der Waals surface area contributed by atoms with E-state index in [-0.39, 0.29) is 0 Å². The maximum atomic E-state index is 6.23. The monoisotopic (exact) mass is 336 g/mol. The quantitative estimate of drug-likeness (QED) is 0.690. The van der Waals surface area contributed by atoms with Gasteiger partial charge in [-0.15, -0.1) is 0 Å². The number of rotatable bonds is 6. The highest BCUT2D eigenvalue weighted by atomic mass is 35.5. The van der Waals surface area contributed by atoms with Gasteiger partial charge < -0.3 is 10.6 Å². The van der Waals surface area contributed by atoms with E-state index in [1.54, 1.807) is 0 Å². The zero-order chi connectivity index (χ0) is 16.1. The average molecular weight is 337 g/mol. The number of nitrogens with one attached hydrogen (secondary N) is 2. The molecule has 0 aliphatic rings. The van der Waals surface area contributed by atoms with E-state index in [1.165, 1.54) is 5.56 Å². The molecular weight excluding hydrogens is 315 g/mol. The van der Waals surface area contributed by atoms with E-state index in [2.05, 4.69) is 43.5 Å². The van der Waals surface area contributed by atoms with E-state index < -0.39 is 0 Å². The number of benzene rings is 2. The molecule has 0 amide bonds. The normalized spacial score (nSPS) is 12.3. The Morgan fingerprint density at radius 3 is 2.41 bits per heavy atom. The van der Waals surface area contributed by atoms with Crippen LogP contribution in [0.5, 0.6) is 0 Å². The minimum absolute atomic E-state index is 0.298. The smallest absolute Gasteiger partial charge is 0.0637 e. The Balaban J connectivity index is 2.03. The molecule has 2 rings (SSSR count). The predicted octanol–water partition coefficient (Wildman–Crippen LogP) is 5.86. The summed E-state index contributed by atoms with van der Waals surface area (Å²) < 4.78 is 0. The Morgan fingerprint density at radius 2 is 1.73 bits per heavy atom. The number of hydrogen-bond acceptors (Lipinski definition) is 2. The lowest BCUT2D eigenvalue weighted by Crippen LogP contribution is -2.18. The van der Waals surface area contributed by atoms with E-state index in [0.29, 0.717) is 12.1 Å². The Labute approximate surface area is 142 Å². The minimum atomic E-state index is 0.298. The van der Waals surface area contributed by atoms with Crippen molar-refractivity contribution >= 4 is 34.6 Å². The summed E-state index contributed by atoms with van der Waals surface area (Å²) in [6.07, 6.45) is 0.913. The molecule has 0 heterocycles. The highest BCUT2D eigenvalue weighted by molar-refractivity contribution is 6.33. The van der Waals surface area contributed by atoms with Crippen LogP contribution in [-0.4, -0.2) is 12.1 Å². The van der Waals surface area contributed by atoms with Crippen molar-refractivity contribution in [2.24, 2.45) is 0 Å². The SMILES string of the molecule is CC(C)Nc1cc(CC(C)Nc2cccc(Cl)c2)ccc1Cl. The van der Waals surface area contributed by atoms with Gasteiger partial charge in [0.2, 0.25) is 0 Å². The molecule has 0 spiro atoms. The Morgan fingerprint density at radius 1 is 0.955 bits per heavy atom. The molecular formula is C18H22Cl2N2. The van der Waals surface area contributed by atoms with Gasteiger partial charge in [0.1, 0.15) is 0 Å². The molecule has 1 unspecified atom stereocenters. The lowest BCUT2D eigenvalue weighted by atomic mass is 10.1. The van der Waals surface area contributed by atoms with Gasteiger partial charge in [0.05, 0.1) is 10.7 Å². The van der Waals surface area contributed by atoms with Gasteiger partial charge in [0.15, 0.2) is 0 Å². The fourth-order valence-electron chi connectivity index (χ4n) is 2.39. The summed E-state index contributed by atoms with van der Waals surface area (Å²) in [4.78, 5) is 0. The topological polar surface area (TPSA) is 24.1 Å². The second-order valence-corrected chi connectivity index (χ2v) is 6.72. The lowest BCUT2D eigenvalue weighted by molar-refractivity contribution is 0.790. The molecule has 4 heteroatoms. The highest BCUT2D eigenvalue weighted by Gasteiger charge is 2.08. The van der Waals surface area contributed by atoms with Crippen molar-refractivity contribution in [2.75, 3.05) is 10.6 Å². The van der Waals surface area contributed by atoms with Gasteiger partial charge in [-0.1, -0.05) is 35.3 Å². The van der Waals surface area contributed by atoms with Crippen molar-refractivity contribution in [3.8, 4) is 0 Å². The maximum Gasteiger partial charge on any atom is 0.0637 e. The van der Waals surface area contributed by atoms with Crippen LogP contribution in [0.15, 0.2) is 42.5 Å². The fourth-order valence-corrected chi connectivity index (χ4v) is 2.75. The van der Waals surface area contributed by atoms with Crippen LogP contribution in [0.3, 0.4) is 0 Å². The summed E-state index contributed by atoms with van der Waals surface area (Å²) >= 11 is 12.2. The second-order valence-electron chi connectivity index (χ2n) is 5.87. The minimum Gasteiger partial charge on any atom is -0.382 e. The Hall–Kier alpha value is -1.38. The summed E-state index contributed by atoms with van der Waals surface area (Å²) in [6.45, 7) is 6.36. The molecule has 0 fully saturated rings. The second kappa shape index (κ2) is 7.75. The zero-order valence-corrected chi connectivity index (χ0v) is 14.7. The molecule has 22 heavy (non-hydrogen) atoms. The van der Waals surface area contributed by atoms with E-state index >= 15 is 0 Å². The molecule has 1 atom stereocenters. The molecule has 0 bridgehead atoms. The summed E-state index contributed by atoms with van der Waals surface area (Å²) in [7, 11) is 0. The standard InChI is InChI=1S/C18H22Cl2N2/c1-12(2)21-18-10-14(7-8-17(18)20)9-13(3)22-16-6-4-5-15(19)11-16/h4-8,10-13,21-22H,9H2,1-3H3. The van der Waals surface area contributed by atoms with Crippen LogP contribution in [-0.2, 0) is 6.42 Å². The third-order valence-corrected chi connectivity index (χ3v) is 3.82. The zero-order valence-electron chi connectivity index (χ0n) is 13.2. The molecule has 2 aromatic rings. The largest absolute Gasteiger partial charge is 0.382 e. The van der Waals surface area contributed by atoms with E-state index in [0.717, 1.165) is 27.8 Å². The number of anilines is 2. The molecule has 118 valence electrons. The average Bonchev–Trinajstić information content (AvgIpc) is 2.42. The Bertz CT molecular complexity index is 626. The highest BCUT2D eigenvalue weighted by Crippen LogP contribution is 2.25. The lowest BCUT2D eigenvalue weighted by Gasteiger charge is -2.17. The van der Waals surface area contributed by atoms with Gasteiger partial charge in [-0.25, -0.2) is 0 Å². The molecule has 0 aliphatic heterocycles. The Kier molecular flexibility index (Phi) is 5.98. The predicted molar refractivity (Wildman–Crippen MR) is 98.5 cm³/mol.